The maximum atomic E-state index is 11.7. The van der Waals surface area contributed by atoms with Crippen molar-refractivity contribution < 1.29 is 13.2 Å². The van der Waals surface area contributed by atoms with Gasteiger partial charge >= 0.3 is 0 Å². The van der Waals surface area contributed by atoms with Crippen LogP contribution in [0.15, 0.2) is 16.3 Å². The van der Waals surface area contributed by atoms with E-state index in [1.54, 1.807) is 12.1 Å². The van der Waals surface area contributed by atoms with Crippen LogP contribution in [0.25, 0.3) is 0 Å². The maximum absolute atomic E-state index is 11.7. The lowest BCUT2D eigenvalue weighted by Gasteiger charge is -2.02. The molecule has 0 aliphatic heterocycles. The van der Waals surface area contributed by atoms with Gasteiger partial charge in [0.1, 0.15) is 4.21 Å². The van der Waals surface area contributed by atoms with Gasteiger partial charge in [0.25, 0.3) is 0 Å². The molecule has 0 amide bonds. The van der Waals surface area contributed by atoms with E-state index >= 15 is 0 Å². The highest BCUT2D eigenvalue weighted by Crippen LogP contribution is 2.21. The second kappa shape index (κ2) is 5.77. The van der Waals surface area contributed by atoms with Crippen LogP contribution in [0.2, 0.25) is 0 Å². The summed E-state index contributed by atoms with van der Waals surface area (Å²) in [6.07, 6.45) is 0.799. The quantitative estimate of drug-likeness (QED) is 0.808. The third-order valence-electron chi connectivity index (χ3n) is 1.86. The molecule has 0 spiro atoms. The van der Waals surface area contributed by atoms with E-state index in [9.17, 15) is 13.2 Å². The van der Waals surface area contributed by atoms with E-state index in [0.29, 0.717) is 0 Å². The molecular weight excluding hydrogens is 270 g/mol. The molecule has 0 bridgehead atoms. The molecule has 0 atom stereocenters. The smallest absolute Gasteiger partial charge is 0.250 e. The molecule has 16 heavy (non-hydrogen) atoms. The highest BCUT2D eigenvalue weighted by molar-refractivity contribution is 7.91. The number of hydrogen-bond donors (Lipinski definition) is 1. The zero-order valence-electron chi connectivity index (χ0n) is 8.70. The van der Waals surface area contributed by atoms with Crippen molar-refractivity contribution in [3.63, 3.8) is 0 Å². The maximum Gasteiger partial charge on any atom is 0.250 e. The van der Waals surface area contributed by atoms with Crippen molar-refractivity contribution in [2.75, 3.05) is 6.54 Å². The van der Waals surface area contributed by atoms with Crippen molar-refractivity contribution in [3.05, 3.63) is 17.0 Å². The minimum Gasteiger partial charge on any atom is -0.281 e. The fraction of sp³-hybridized carbons (Fsp3) is 0.444. The summed E-state index contributed by atoms with van der Waals surface area (Å²) in [4.78, 5) is 11.5. The van der Waals surface area contributed by atoms with E-state index in [0.717, 1.165) is 11.3 Å². The fourth-order valence-corrected chi connectivity index (χ4v) is 3.51. The Bertz CT molecular complexity index is 467. The minimum atomic E-state index is -3.49. The zero-order valence-corrected chi connectivity index (χ0v) is 11.1. The normalized spacial score (nSPS) is 11.6. The predicted octanol–water partition coefficient (Wildman–Crippen LogP) is 1.74. The topological polar surface area (TPSA) is 63.2 Å². The average Bonchev–Trinajstić information content (AvgIpc) is 2.65. The van der Waals surface area contributed by atoms with Gasteiger partial charge < -0.3 is 0 Å². The summed E-state index contributed by atoms with van der Waals surface area (Å²) in [5.41, 5.74) is 0. The molecule has 4 nitrogen and oxygen atoms in total. The Hall–Kier alpha value is -0.430. The zero-order chi connectivity index (χ0) is 12.2. The van der Waals surface area contributed by atoms with Crippen molar-refractivity contribution >= 4 is 38.2 Å². The number of aryl methyl sites for hydroxylation is 1. The number of sulfonamides is 1. The highest BCUT2D eigenvalue weighted by Gasteiger charge is 2.16. The summed E-state index contributed by atoms with van der Waals surface area (Å²) in [5.74, 6) is 0. The van der Waals surface area contributed by atoms with Gasteiger partial charge in [0, 0.05) is 17.8 Å². The van der Waals surface area contributed by atoms with Gasteiger partial charge in [-0.1, -0.05) is 6.92 Å². The average molecular weight is 282 g/mol. The number of thiophene rings is 1. The summed E-state index contributed by atoms with van der Waals surface area (Å²) in [5, 5.41) is -0.553. The van der Waals surface area contributed by atoms with E-state index in [4.69, 9.17) is 11.6 Å². The molecule has 0 saturated carbocycles. The van der Waals surface area contributed by atoms with Crippen molar-refractivity contribution in [1.82, 2.24) is 4.72 Å². The Balaban J connectivity index is 2.66. The first-order valence-electron chi connectivity index (χ1n) is 4.72. The SMILES string of the molecule is CCc1ccc(S(=O)(=O)NCCC(=O)Cl)s1. The third-order valence-corrected chi connectivity index (χ3v) is 5.24. The molecule has 1 aromatic heterocycles. The summed E-state index contributed by atoms with van der Waals surface area (Å²) in [6, 6.07) is 3.35. The van der Waals surface area contributed by atoms with Crippen LogP contribution in [0.4, 0.5) is 0 Å². The first-order valence-corrected chi connectivity index (χ1v) is 7.40. The van der Waals surface area contributed by atoms with Crippen LogP contribution in [-0.2, 0) is 21.2 Å². The summed E-state index contributed by atoms with van der Waals surface area (Å²) in [7, 11) is -3.49. The Morgan fingerprint density at radius 2 is 2.19 bits per heavy atom. The Morgan fingerprint density at radius 1 is 1.50 bits per heavy atom. The fourth-order valence-electron chi connectivity index (χ4n) is 1.05. The van der Waals surface area contributed by atoms with E-state index in [1.165, 1.54) is 11.3 Å². The van der Waals surface area contributed by atoms with Crippen molar-refractivity contribution in [3.8, 4) is 0 Å². The summed E-state index contributed by atoms with van der Waals surface area (Å²) in [6.45, 7) is 1.99. The van der Waals surface area contributed by atoms with Gasteiger partial charge in [-0.2, -0.15) is 0 Å². The lowest BCUT2D eigenvalue weighted by Crippen LogP contribution is -2.24. The molecule has 0 aliphatic rings. The largest absolute Gasteiger partial charge is 0.281 e. The van der Waals surface area contributed by atoms with E-state index in [-0.39, 0.29) is 17.2 Å². The van der Waals surface area contributed by atoms with Gasteiger partial charge in [-0.05, 0) is 30.2 Å². The molecule has 90 valence electrons. The standard InChI is InChI=1S/C9H12ClNO3S2/c1-2-7-3-4-9(15-7)16(13,14)11-6-5-8(10)12/h3-4,11H,2,5-6H2,1H3. The Kier molecular flexibility index (Phi) is 4.91. The van der Waals surface area contributed by atoms with Gasteiger partial charge in [-0.3, -0.25) is 4.79 Å². The number of hydrogen-bond acceptors (Lipinski definition) is 4. The molecule has 0 radical (unpaired) electrons. The number of carbonyl (C=O) groups is 1. The van der Waals surface area contributed by atoms with Crippen molar-refractivity contribution in [2.24, 2.45) is 0 Å². The van der Waals surface area contributed by atoms with Gasteiger partial charge in [-0.25, -0.2) is 13.1 Å². The molecule has 0 aromatic carbocycles. The van der Waals surface area contributed by atoms with Gasteiger partial charge in [0.05, 0.1) is 0 Å². The third kappa shape index (κ3) is 3.86. The van der Waals surface area contributed by atoms with Crippen LogP contribution in [0, 0.1) is 0 Å². The Labute approximate surface area is 104 Å². The predicted molar refractivity (Wildman–Crippen MR) is 64.4 cm³/mol. The first-order chi connectivity index (χ1) is 7.45. The molecule has 0 unspecified atom stereocenters. The van der Waals surface area contributed by atoms with Crippen molar-refractivity contribution in [2.45, 2.75) is 24.0 Å². The number of nitrogens with one attached hydrogen (secondary N) is 1. The molecule has 1 rings (SSSR count). The molecular formula is C9H12ClNO3S2. The van der Waals surface area contributed by atoms with Gasteiger partial charge in [0.15, 0.2) is 0 Å². The molecule has 1 aromatic rings. The Morgan fingerprint density at radius 3 is 2.69 bits per heavy atom. The first kappa shape index (κ1) is 13.6. The van der Waals surface area contributed by atoms with Gasteiger partial charge in [-0.15, -0.1) is 11.3 Å². The number of halogens is 1. The van der Waals surface area contributed by atoms with E-state index in [1.807, 2.05) is 6.92 Å². The highest BCUT2D eigenvalue weighted by atomic mass is 35.5. The van der Waals surface area contributed by atoms with Crippen LogP contribution >= 0.6 is 22.9 Å². The minimum absolute atomic E-state index is 0.00715. The molecule has 0 aliphatic carbocycles. The van der Waals surface area contributed by atoms with Crippen LogP contribution in [0.3, 0.4) is 0 Å². The second-order valence-electron chi connectivity index (χ2n) is 3.08. The molecule has 0 saturated heterocycles. The van der Waals surface area contributed by atoms with Crippen molar-refractivity contribution in [1.29, 1.82) is 0 Å². The summed E-state index contributed by atoms with van der Waals surface area (Å²) >= 11 is 6.34. The van der Waals surface area contributed by atoms with E-state index < -0.39 is 15.3 Å². The van der Waals surface area contributed by atoms with Crippen LogP contribution < -0.4 is 4.72 Å². The molecule has 0 fully saturated rings. The lowest BCUT2D eigenvalue weighted by molar-refractivity contribution is -0.111. The van der Waals surface area contributed by atoms with Gasteiger partial charge in [0.2, 0.25) is 15.3 Å². The number of rotatable bonds is 6. The second-order valence-corrected chi connectivity index (χ2v) is 6.66. The molecule has 1 N–H and O–H groups in total. The molecule has 1 heterocycles. The van der Waals surface area contributed by atoms with Crippen LogP contribution in [0.5, 0.6) is 0 Å². The van der Waals surface area contributed by atoms with Crippen LogP contribution in [-0.4, -0.2) is 20.2 Å². The summed E-state index contributed by atoms with van der Waals surface area (Å²) < 4.78 is 26.0. The van der Waals surface area contributed by atoms with E-state index in [2.05, 4.69) is 4.72 Å². The monoisotopic (exact) mass is 281 g/mol. The van der Waals surface area contributed by atoms with Crippen LogP contribution in [0.1, 0.15) is 18.2 Å². The number of carbonyl (C=O) groups excluding carboxylic acids is 1. The molecule has 7 heteroatoms. The lowest BCUT2D eigenvalue weighted by atomic mass is 10.4.